The van der Waals surface area contributed by atoms with Crippen molar-refractivity contribution < 1.29 is 4.74 Å². The van der Waals surface area contributed by atoms with Crippen molar-refractivity contribution in [2.75, 3.05) is 26.2 Å². The maximum atomic E-state index is 5.94. The quantitative estimate of drug-likeness (QED) is 0.827. The van der Waals surface area contributed by atoms with Gasteiger partial charge in [-0.05, 0) is 0 Å². The van der Waals surface area contributed by atoms with Gasteiger partial charge in [0.25, 0.3) is 0 Å². The van der Waals surface area contributed by atoms with Gasteiger partial charge in [-0.1, -0.05) is 11.6 Å². The van der Waals surface area contributed by atoms with E-state index in [1.54, 1.807) is 6.20 Å². The van der Waals surface area contributed by atoms with Gasteiger partial charge in [-0.15, -0.1) is 0 Å². The zero-order chi connectivity index (χ0) is 11.5. The van der Waals surface area contributed by atoms with Crippen LogP contribution in [0.2, 0.25) is 5.15 Å². The van der Waals surface area contributed by atoms with Gasteiger partial charge in [-0.2, -0.15) is 0 Å². The van der Waals surface area contributed by atoms with Crippen molar-refractivity contribution in [1.82, 2.24) is 14.5 Å². The highest BCUT2D eigenvalue weighted by Gasteiger charge is 2.20. The summed E-state index contributed by atoms with van der Waals surface area (Å²) in [6, 6.07) is 0. The molecule has 0 radical (unpaired) electrons. The third-order valence-electron chi connectivity index (χ3n) is 2.88. The van der Waals surface area contributed by atoms with E-state index >= 15 is 0 Å². The van der Waals surface area contributed by atoms with E-state index in [9.17, 15) is 0 Å². The van der Waals surface area contributed by atoms with Gasteiger partial charge >= 0.3 is 0 Å². The molecule has 1 unspecified atom stereocenters. The van der Waals surface area contributed by atoms with Gasteiger partial charge in [0.1, 0.15) is 11.0 Å². The normalized spacial score (nSPS) is 22.6. The fraction of sp³-hybridized carbons (Fsp3) is 0.700. The van der Waals surface area contributed by atoms with Crippen LogP contribution >= 0.6 is 11.6 Å². The molecule has 1 fully saturated rings. The molecule has 5 nitrogen and oxygen atoms in total. The summed E-state index contributed by atoms with van der Waals surface area (Å²) in [5.41, 5.74) is 5.60. The number of halogens is 1. The van der Waals surface area contributed by atoms with E-state index in [-0.39, 0.29) is 6.10 Å². The van der Waals surface area contributed by atoms with Crippen molar-refractivity contribution in [2.24, 2.45) is 12.8 Å². The van der Waals surface area contributed by atoms with Crippen LogP contribution in [0.1, 0.15) is 5.82 Å². The molecule has 1 aliphatic rings. The molecular weight excluding hydrogens is 228 g/mol. The number of morpholine rings is 1. The number of hydrogen-bond donors (Lipinski definition) is 1. The lowest BCUT2D eigenvalue weighted by molar-refractivity contribution is -0.0270. The lowest BCUT2D eigenvalue weighted by Crippen LogP contribution is -2.45. The number of imidazole rings is 1. The Kier molecular flexibility index (Phi) is 3.81. The van der Waals surface area contributed by atoms with Crippen LogP contribution in [0.4, 0.5) is 0 Å². The van der Waals surface area contributed by atoms with Crippen LogP contribution in [-0.4, -0.2) is 46.8 Å². The predicted molar refractivity (Wildman–Crippen MR) is 62.3 cm³/mol. The van der Waals surface area contributed by atoms with Crippen molar-refractivity contribution in [2.45, 2.75) is 12.6 Å². The van der Waals surface area contributed by atoms with Crippen LogP contribution in [0.5, 0.6) is 0 Å². The van der Waals surface area contributed by atoms with E-state index in [0.717, 1.165) is 32.1 Å². The molecule has 1 aromatic rings. The lowest BCUT2D eigenvalue weighted by atomic mass is 10.2. The lowest BCUT2D eigenvalue weighted by Gasteiger charge is -2.31. The average molecular weight is 245 g/mol. The van der Waals surface area contributed by atoms with Crippen LogP contribution in [0.3, 0.4) is 0 Å². The van der Waals surface area contributed by atoms with E-state index in [4.69, 9.17) is 22.1 Å². The summed E-state index contributed by atoms with van der Waals surface area (Å²) < 4.78 is 7.41. The Balaban J connectivity index is 1.96. The molecule has 0 spiro atoms. The Morgan fingerprint density at radius 1 is 1.69 bits per heavy atom. The number of nitrogens with zero attached hydrogens (tertiary/aromatic N) is 3. The van der Waals surface area contributed by atoms with Crippen molar-refractivity contribution in [1.29, 1.82) is 0 Å². The summed E-state index contributed by atoms with van der Waals surface area (Å²) in [4.78, 5) is 6.57. The van der Waals surface area contributed by atoms with Crippen molar-refractivity contribution in [3.8, 4) is 0 Å². The molecule has 0 amide bonds. The van der Waals surface area contributed by atoms with E-state index in [1.807, 2.05) is 11.6 Å². The summed E-state index contributed by atoms with van der Waals surface area (Å²) in [5.74, 6) is 0.975. The summed E-state index contributed by atoms with van der Waals surface area (Å²) in [6.45, 7) is 3.88. The molecule has 0 bridgehead atoms. The molecule has 0 aliphatic carbocycles. The molecule has 90 valence electrons. The fourth-order valence-corrected chi connectivity index (χ4v) is 1.98. The molecule has 2 N–H and O–H groups in total. The summed E-state index contributed by atoms with van der Waals surface area (Å²) in [5, 5.41) is 0.665. The van der Waals surface area contributed by atoms with Gasteiger partial charge < -0.3 is 15.0 Å². The van der Waals surface area contributed by atoms with E-state index in [1.165, 1.54) is 0 Å². The minimum Gasteiger partial charge on any atom is -0.374 e. The molecular formula is C10H17ClN4O. The zero-order valence-electron chi connectivity index (χ0n) is 9.40. The van der Waals surface area contributed by atoms with Crippen LogP contribution in [0.25, 0.3) is 0 Å². The van der Waals surface area contributed by atoms with Crippen molar-refractivity contribution in [3.05, 3.63) is 17.2 Å². The highest BCUT2D eigenvalue weighted by atomic mass is 35.5. The first-order valence-corrected chi connectivity index (χ1v) is 5.78. The standard InChI is InChI=1S/C10H17ClN4O/c1-14-9(11)5-13-10(14)7-15-2-3-16-8(4-12)6-15/h5,8H,2-4,6-7,12H2,1H3. The topological polar surface area (TPSA) is 56.3 Å². The number of hydrogen-bond acceptors (Lipinski definition) is 4. The first-order valence-electron chi connectivity index (χ1n) is 5.41. The minimum atomic E-state index is 0.143. The van der Waals surface area contributed by atoms with Gasteiger partial charge in [0.15, 0.2) is 0 Å². The molecule has 2 heterocycles. The summed E-state index contributed by atoms with van der Waals surface area (Å²) >= 11 is 5.94. The van der Waals surface area contributed by atoms with Gasteiger partial charge in [-0.25, -0.2) is 4.98 Å². The van der Waals surface area contributed by atoms with Crippen molar-refractivity contribution in [3.63, 3.8) is 0 Å². The Morgan fingerprint density at radius 3 is 3.12 bits per heavy atom. The van der Waals surface area contributed by atoms with Crippen LogP contribution < -0.4 is 5.73 Å². The molecule has 0 saturated carbocycles. The Bertz CT molecular complexity index is 355. The maximum absolute atomic E-state index is 5.94. The van der Waals surface area contributed by atoms with Gasteiger partial charge in [-0.3, -0.25) is 4.90 Å². The zero-order valence-corrected chi connectivity index (χ0v) is 10.2. The Hall–Kier alpha value is -0.620. The Labute approximate surface area is 100 Å². The van der Waals surface area contributed by atoms with Gasteiger partial charge in [0, 0.05) is 26.7 Å². The third-order valence-corrected chi connectivity index (χ3v) is 3.23. The Morgan fingerprint density at radius 2 is 2.50 bits per heavy atom. The molecule has 1 atom stereocenters. The average Bonchev–Trinajstić information content (AvgIpc) is 2.61. The predicted octanol–water partition coefficient (Wildman–Crippen LogP) is 0.233. The van der Waals surface area contributed by atoms with E-state index in [2.05, 4.69) is 9.88 Å². The van der Waals surface area contributed by atoms with Crippen LogP contribution in [0.15, 0.2) is 6.20 Å². The van der Waals surface area contributed by atoms with Gasteiger partial charge in [0.05, 0.1) is 25.5 Å². The van der Waals surface area contributed by atoms with E-state index < -0.39 is 0 Å². The minimum absolute atomic E-state index is 0.143. The number of ether oxygens (including phenoxy) is 1. The highest BCUT2D eigenvalue weighted by molar-refractivity contribution is 6.29. The summed E-state index contributed by atoms with van der Waals surface area (Å²) in [6.07, 6.45) is 1.82. The van der Waals surface area contributed by atoms with E-state index in [0.29, 0.717) is 11.7 Å². The smallest absolute Gasteiger partial charge is 0.128 e. The largest absolute Gasteiger partial charge is 0.374 e. The van der Waals surface area contributed by atoms with Gasteiger partial charge in [0.2, 0.25) is 0 Å². The molecule has 1 aliphatic heterocycles. The first-order chi connectivity index (χ1) is 7.70. The van der Waals surface area contributed by atoms with Crippen LogP contribution in [-0.2, 0) is 18.3 Å². The second-order valence-electron chi connectivity index (χ2n) is 4.02. The summed E-state index contributed by atoms with van der Waals surface area (Å²) in [7, 11) is 1.92. The second-order valence-corrected chi connectivity index (χ2v) is 4.41. The second kappa shape index (κ2) is 5.14. The molecule has 2 rings (SSSR count). The first kappa shape index (κ1) is 11.9. The molecule has 6 heteroatoms. The maximum Gasteiger partial charge on any atom is 0.128 e. The molecule has 1 saturated heterocycles. The van der Waals surface area contributed by atoms with Crippen molar-refractivity contribution >= 4 is 11.6 Å². The number of aromatic nitrogens is 2. The highest BCUT2D eigenvalue weighted by Crippen LogP contribution is 2.13. The molecule has 0 aromatic carbocycles. The molecule has 1 aromatic heterocycles. The SMILES string of the molecule is Cn1c(Cl)cnc1CN1CCOC(CN)C1. The third kappa shape index (κ3) is 2.55. The monoisotopic (exact) mass is 244 g/mol. The number of nitrogens with two attached hydrogens (primary N) is 1. The van der Waals surface area contributed by atoms with Crippen LogP contribution in [0, 0.1) is 0 Å². The fourth-order valence-electron chi connectivity index (χ4n) is 1.84. The molecule has 16 heavy (non-hydrogen) atoms. The number of rotatable bonds is 3.